The summed E-state index contributed by atoms with van der Waals surface area (Å²) in [4.78, 5) is 32.0. The van der Waals surface area contributed by atoms with Crippen LogP contribution in [0.1, 0.15) is 38.2 Å². The largest absolute Gasteiger partial charge is 0.489 e. The fourth-order valence-corrected chi connectivity index (χ4v) is 5.26. The molecule has 0 radical (unpaired) electrons. The molecule has 0 aliphatic carbocycles. The highest BCUT2D eigenvalue weighted by molar-refractivity contribution is 5.79. The van der Waals surface area contributed by atoms with Crippen LogP contribution < -0.4 is 4.74 Å². The maximum absolute atomic E-state index is 13.2. The number of ether oxygens (including phenoxy) is 1. The van der Waals surface area contributed by atoms with Gasteiger partial charge < -0.3 is 19.6 Å². The van der Waals surface area contributed by atoms with E-state index in [2.05, 4.69) is 24.0 Å². The summed E-state index contributed by atoms with van der Waals surface area (Å²) in [6.07, 6.45) is 6.71. The minimum atomic E-state index is -0.398. The zero-order chi connectivity index (χ0) is 23.2. The molecule has 1 aromatic carbocycles. The number of para-hydroxylation sites is 1. The number of aliphatic hydroxyl groups is 1. The number of likely N-dealkylation sites (tertiary alicyclic amines) is 1. The second-order valence-electron chi connectivity index (χ2n) is 9.60. The summed E-state index contributed by atoms with van der Waals surface area (Å²) in [6.45, 7) is 6.96. The van der Waals surface area contributed by atoms with Gasteiger partial charge in [0.15, 0.2) is 0 Å². The van der Waals surface area contributed by atoms with Gasteiger partial charge in [0.2, 0.25) is 11.8 Å². The van der Waals surface area contributed by atoms with Crippen LogP contribution in [0.15, 0.2) is 36.4 Å². The average Bonchev–Trinajstić information content (AvgIpc) is 3.24. The lowest BCUT2D eigenvalue weighted by Crippen LogP contribution is -2.48. The van der Waals surface area contributed by atoms with E-state index in [0.29, 0.717) is 58.7 Å². The van der Waals surface area contributed by atoms with Gasteiger partial charge in [-0.3, -0.25) is 14.5 Å². The van der Waals surface area contributed by atoms with Crippen molar-refractivity contribution >= 4 is 11.8 Å². The molecule has 2 bridgehead atoms. The van der Waals surface area contributed by atoms with Crippen molar-refractivity contribution in [3.05, 3.63) is 42.0 Å². The van der Waals surface area contributed by atoms with Gasteiger partial charge in [0.1, 0.15) is 12.4 Å². The first-order valence-corrected chi connectivity index (χ1v) is 12.4. The Morgan fingerprint density at radius 2 is 2.00 bits per heavy atom. The predicted octanol–water partition coefficient (Wildman–Crippen LogP) is 2.30. The Morgan fingerprint density at radius 1 is 1.15 bits per heavy atom. The normalized spacial score (nSPS) is 26.7. The molecule has 33 heavy (non-hydrogen) atoms. The number of hydrogen-bond acceptors (Lipinski definition) is 5. The van der Waals surface area contributed by atoms with E-state index in [1.165, 1.54) is 0 Å². The minimum Gasteiger partial charge on any atom is -0.489 e. The molecule has 1 aromatic rings. The lowest BCUT2D eigenvalue weighted by Gasteiger charge is -2.38. The van der Waals surface area contributed by atoms with Crippen LogP contribution in [0.5, 0.6) is 5.75 Å². The first kappa shape index (κ1) is 23.8. The molecule has 0 saturated carbocycles. The Kier molecular flexibility index (Phi) is 8.04. The minimum absolute atomic E-state index is 0.118. The van der Waals surface area contributed by atoms with Gasteiger partial charge in [-0.1, -0.05) is 37.3 Å². The number of carbonyl (C=O) groups excluding carboxylic acids is 2. The molecule has 4 rings (SSSR count). The first-order valence-electron chi connectivity index (χ1n) is 12.4. The second-order valence-corrected chi connectivity index (χ2v) is 9.60. The molecule has 3 atom stereocenters. The van der Waals surface area contributed by atoms with Gasteiger partial charge in [-0.2, -0.15) is 0 Å². The van der Waals surface area contributed by atoms with Gasteiger partial charge >= 0.3 is 0 Å². The van der Waals surface area contributed by atoms with Crippen molar-refractivity contribution < 1.29 is 19.4 Å². The Hall–Kier alpha value is -2.38. The molecule has 0 aromatic heterocycles. The Balaban J connectivity index is 1.50. The number of hydrogen-bond donors (Lipinski definition) is 1. The number of benzene rings is 1. The number of carbonyl (C=O) groups is 2. The molecule has 3 aliphatic rings. The highest BCUT2D eigenvalue weighted by atomic mass is 16.5. The van der Waals surface area contributed by atoms with Crippen molar-refractivity contribution in [3.8, 4) is 5.75 Å². The quantitative estimate of drug-likeness (QED) is 0.706. The number of piperidine rings is 1. The summed E-state index contributed by atoms with van der Waals surface area (Å²) in [5, 5.41) is 9.79. The average molecular weight is 456 g/mol. The molecular formula is C26H37N3O4. The number of fused-ring (bicyclic) bond motifs is 3. The Morgan fingerprint density at radius 3 is 2.79 bits per heavy atom. The Labute approximate surface area is 197 Å². The van der Waals surface area contributed by atoms with Crippen molar-refractivity contribution in [2.75, 3.05) is 45.9 Å². The molecule has 3 heterocycles. The van der Waals surface area contributed by atoms with E-state index in [4.69, 9.17) is 4.74 Å². The Bertz CT molecular complexity index is 858. The SMILES string of the molecule is CCCN1CC(=O)N2CC[C@@H](CC(=O)N3CC[C@@H](O)C3)[C@@H](C=CCOc3ccccc3C1)C2. The van der Waals surface area contributed by atoms with E-state index in [1.54, 1.807) is 4.90 Å². The number of aliphatic hydroxyl groups excluding tert-OH is 1. The van der Waals surface area contributed by atoms with Crippen LogP contribution >= 0.6 is 0 Å². The molecule has 0 unspecified atom stereocenters. The number of rotatable bonds is 4. The van der Waals surface area contributed by atoms with E-state index < -0.39 is 6.10 Å². The van der Waals surface area contributed by atoms with Gasteiger partial charge in [-0.25, -0.2) is 0 Å². The summed E-state index contributed by atoms with van der Waals surface area (Å²) in [7, 11) is 0. The third-order valence-corrected chi connectivity index (χ3v) is 7.10. The first-order chi connectivity index (χ1) is 16.0. The number of amides is 2. The third-order valence-electron chi connectivity index (χ3n) is 7.10. The molecular weight excluding hydrogens is 418 g/mol. The van der Waals surface area contributed by atoms with Crippen molar-refractivity contribution in [2.45, 2.75) is 45.3 Å². The molecule has 2 amide bonds. The van der Waals surface area contributed by atoms with Crippen LogP contribution in [0.3, 0.4) is 0 Å². The maximum Gasteiger partial charge on any atom is 0.236 e. The monoisotopic (exact) mass is 455 g/mol. The molecule has 2 fully saturated rings. The van der Waals surface area contributed by atoms with Gasteiger partial charge in [-0.15, -0.1) is 0 Å². The molecule has 180 valence electrons. The van der Waals surface area contributed by atoms with Crippen LogP contribution in [0, 0.1) is 11.8 Å². The fraction of sp³-hybridized carbons (Fsp3) is 0.615. The van der Waals surface area contributed by atoms with Crippen LogP contribution in [0.25, 0.3) is 0 Å². The summed E-state index contributed by atoms with van der Waals surface area (Å²) in [5.74, 6) is 1.45. The van der Waals surface area contributed by atoms with E-state index >= 15 is 0 Å². The van der Waals surface area contributed by atoms with E-state index in [-0.39, 0.29) is 23.7 Å². The third kappa shape index (κ3) is 6.15. The van der Waals surface area contributed by atoms with Crippen LogP contribution in [0.2, 0.25) is 0 Å². The van der Waals surface area contributed by atoms with Crippen LogP contribution in [-0.2, 0) is 16.1 Å². The van der Waals surface area contributed by atoms with Gasteiger partial charge in [-0.05, 0) is 43.7 Å². The highest BCUT2D eigenvalue weighted by Crippen LogP contribution is 2.30. The fourth-order valence-electron chi connectivity index (χ4n) is 5.26. The van der Waals surface area contributed by atoms with Crippen molar-refractivity contribution in [1.82, 2.24) is 14.7 Å². The standard InChI is InChI=1S/C26H37N3O4/c1-2-11-27-16-22-6-3-4-8-24(22)33-14-5-7-21-17-28(26(32)19-27)12-9-20(21)15-25(31)29-13-10-23(30)18-29/h3-8,20-21,23,30H,2,9-19H2,1H3/t20-,21-,23+/m0/s1. The topological polar surface area (TPSA) is 73.3 Å². The second kappa shape index (κ2) is 11.2. The maximum atomic E-state index is 13.2. The summed E-state index contributed by atoms with van der Waals surface area (Å²) < 4.78 is 6.09. The van der Waals surface area contributed by atoms with Crippen molar-refractivity contribution in [2.24, 2.45) is 11.8 Å². The zero-order valence-electron chi connectivity index (χ0n) is 19.7. The van der Waals surface area contributed by atoms with Crippen LogP contribution in [0.4, 0.5) is 0 Å². The van der Waals surface area contributed by atoms with Gasteiger partial charge in [0, 0.05) is 44.7 Å². The lowest BCUT2D eigenvalue weighted by atomic mass is 9.82. The highest BCUT2D eigenvalue weighted by Gasteiger charge is 2.34. The smallest absolute Gasteiger partial charge is 0.236 e. The van der Waals surface area contributed by atoms with E-state index in [9.17, 15) is 14.7 Å². The number of β-amino-alcohol motifs (C(OH)–C–C–N with tert-alkyl or cyclic N) is 1. The van der Waals surface area contributed by atoms with E-state index in [0.717, 1.165) is 30.7 Å². The molecule has 7 heteroatoms. The molecule has 1 N–H and O–H groups in total. The summed E-state index contributed by atoms with van der Waals surface area (Å²) in [6, 6.07) is 8.05. The lowest BCUT2D eigenvalue weighted by molar-refractivity contribution is -0.136. The number of nitrogens with zero attached hydrogens (tertiary/aromatic N) is 3. The molecule has 7 nitrogen and oxygen atoms in total. The summed E-state index contributed by atoms with van der Waals surface area (Å²) in [5.41, 5.74) is 1.10. The van der Waals surface area contributed by atoms with Crippen molar-refractivity contribution in [3.63, 3.8) is 0 Å². The molecule has 3 aliphatic heterocycles. The predicted molar refractivity (Wildman–Crippen MR) is 127 cm³/mol. The van der Waals surface area contributed by atoms with Gasteiger partial charge in [0.05, 0.1) is 12.6 Å². The van der Waals surface area contributed by atoms with Gasteiger partial charge in [0.25, 0.3) is 0 Å². The van der Waals surface area contributed by atoms with E-state index in [1.807, 2.05) is 29.2 Å². The molecule has 2 saturated heterocycles. The van der Waals surface area contributed by atoms with Crippen molar-refractivity contribution in [1.29, 1.82) is 0 Å². The zero-order valence-corrected chi connectivity index (χ0v) is 19.7. The van der Waals surface area contributed by atoms with Crippen LogP contribution in [-0.4, -0.2) is 83.6 Å². The molecule has 0 spiro atoms. The summed E-state index contributed by atoms with van der Waals surface area (Å²) >= 11 is 0.